The molecular weight excluding hydrogens is 652 g/mol. The van der Waals surface area contributed by atoms with Crippen LogP contribution in [0.1, 0.15) is 105 Å². The van der Waals surface area contributed by atoms with Crippen molar-refractivity contribution >= 4 is 35.3 Å². The molecule has 1 saturated heterocycles. The number of carbonyl (C=O) groups excluding carboxylic acids is 6. The van der Waals surface area contributed by atoms with Crippen molar-refractivity contribution in [3.63, 3.8) is 0 Å². The summed E-state index contributed by atoms with van der Waals surface area (Å²) >= 11 is 0. The first-order valence-electron chi connectivity index (χ1n) is 18.3. The van der Waals surface area contributed by atoms with Gasteiger partial charge in [-0.3, -0.25) is 24.0 Å². The van der Waals surface area contributed by atoms with Crippen molar-refractivity contribution in [3.05, 3.63) is 47.5 Å². The molecule has 0 N–H and O–H groups in total. The summed E-state index contributed by atoms with van der Waals surface area (Å²) in [5.74, 6) is -4.13. The normalized spacial score (nSPS) is 39.7. The Morgan fingerprint density at radius 1 is 0.784 bits per heavy atom. The van der Waals surface area contributed by atoms with Crippen molar-refractivity contribution in [2.24, 2.45) is 45.3 Å². The standard InChI is InChI=1S/C41H52O10/c1-22(42)49-32-19-29-37(3,4)31(51-36(47)24-13-11-10-12-14-24)20-33(50-23(2)43)40(29,8)28-15-16-39(7)30(41(28,32)9)18-26(44)34(39)25-17-27(45)35(46)38(5,6)48-21-25/h10-14,18,25,28-29,31-34H,15-17,19-21H2,1-9H3/t25?,28-,29?,31-,32-,33+,34-,39-,40-,41-/m1/s1. The summed E-state index contributed by atoms with van der Waals surface area (Å²) in [6.07, 6.45) is 1.61. The molecule has 276 valence electrons. The topological polar surface area (TPSA) is 139 Å². The molecule has 1 heterocycles. The van der Waals surface area contributed by atoms with Crippen LogP contribution in [0, 0.1) is 45.3 Å². The third-order valence-corrected chi connectivity index (χ3v) is 13.9. The molecule has 10 heteroatoms. The predicted molar refractivity (Wildman–Crippen MR) is 185 cm³/mol. The Morgan fingerprint density at radius 3 is 2.04 bits per heavy atom. The second kappa shape index (κ2) is 12.5. The summed E-state index contributed by atoms with van der Waals surface area (Å²) in [4.78, 5) is 79.3. The van der Waals surface area contributed by atoms with E-state index in [1.165, 1.54) is 13.8 Å². The molecule has 0 aromatic heterocycles. The smallest absolute Gasteiger partial charge is 0.338 e. The van der Waals surface area contributed by atoms with Crippen LogP contribution in [-0.4, -0.2) is 65.8 Å². The maximum atomic E-state index is 14.2. The molecule has 10 nitrogen and oxygen atoms in total. The Bertz CT molecular complexity index is 1690. The molecule has 0 amide bonds. The number of fused-ring (bicyclic) bond motifs is 5. The van der Waals surface area contributed by atoms with Gasteiger partial charge in [-0.05, 0) is 68.6 Å². The van der Waals surface area contributed by atoms with Crippen LogP contribution in [-0.2, 0) is 42.9 Å². The van der Waals surface area contributed by atoms with Crippen molar-refractivity contribution in [3.8, 4) is 0 Å². The highest BCUT2D eigenvalue weighted by Crippen LogP contribution is 2.74. The molecule has 6 rings (SSSR count). The maximum Gasteiger partial charge on any atom is 0.338 e. The van der Waals surface area contributed by atoms with Crippen LogP contribution in [0.25, 0.3) is 0 Å². The minimum absolute atomic E-state index is 0.0749. The van der Waals surface area contributed by atoms with Crippen molar-refractivity contribution in [1.82, 2.24) is 0 Å². The number of allylic oxidation sites excluding steroid dienone is 1. The van der Waals surface area contributed by atoms with Crippen LogP contribution >= 0.6 is 0 Å². The van der Waals surface area contributed by atoms with Gasteiger partial charge in [0, 0.05) is 54.8 Å². The second-order valence-electron chi connectivity index (χ2n) is 17.4. The Morgan fingerprint density at radius 2 is 1.41 bits per heavy atom. The maximum absolute atomic E-state index is 14.2. The van der Waals surface area contributed by atoms with Gasteiger partial charge in [-0.25, -0.2) is 4.79 Å². The minimum atomic E-state index is -1.27. The quantitative estimate of drug-likeness (QED) is 0.203. The van der Waals surface area contributed by atoms with Gasteiger partial charge in [0.2, 0.25) is 11.6 Å². The number of esters is 3. The van der Waals surface area contributed by atoms with E-state index >= 15 is 0 Å². The van der Waals surface area contributed by atoms with Gasteiger partial charge in [0.05, 0.1) is 12.2 Å². The fraction of sp³-hybridized carbons (Fsp3) is 0.659. The molecule has 1 aliphatic heterocycles. The number of rotatable bonds is 5. The van der Waals surface area contributed by atoms with E-state index in [-0.39, 0.29) is 37.1 Å². The lowest BCUT2D eigenvalue weighted by atomic mass is 9.36. The van der Waals surface area contributed by atoms with Crippen molar-refractivity contribution in [2.75, 3.05) is 6.61 Å². The van der Waals surface area contributed by atoms with E-state index in [1.54, 1.807) is 44.2 Å². The molecule has 4 aliphatic carbocycles. The summed E-state index contributed by atoms with van der Waals surface area (Å²) in [6.45, 7) is 16.5. The van der Waals surface area contributed by atoms with Gasteiger partial charge in [-0.15, -0.1) is 0 Å². The largest absolute Gasteiger partial charge is 0.462 e. The number of hydrogen-bond acceptors (Lipinski definition) is 10. The Hall–Kier alpha value is -3.66. The SMILES string of the molecule is CC(=O)O[C@H]1C[C@@H](OC(=O)c2ccccc2)C(C)(C)C2C[C@@H](OC(C)=O)[C@@]3(C)C4=CC(=O)[C@@H](C5COC(C)(C)C(=O)C(=O)C5)[C@]4(C)CC[C@@H]3[C@]21C. The Labute approximate surface area is 300 Å². The lowest BCUT2D eigenvalue weighted by Gasteiger charge is -2.69. The van der Waals surface area contributed by atoms with Crippen molar-refractivity contribution in [1.29, 1.82) is 0 Å². The van der Waals surface area contributed by atoms with Gasteiger partial charge >= 0.3 is 17.9 Å². The zero-order chi connectivity index (χ0) is 37.5. The molecule has 4 fully saturated rings. The highest BCUT2D eigenvalue weighted by Gasteiger charge is 2.73. The average molecular weight is 705 g/mol. The van der Waals surface area contributed by atoms with Gasteiger partial charge < -0.3 is 18.9 Å². The van der Waals surface area contributed by atoms with E-state index in [2.05, 4.69) is 34.6 Å². The highest BCUT2D eigenvalue weighted by molar-refractivity contribution is 6.40. The van der Waals surface area contributed by atoms with Crippen molar-refractivity contribution in [2.45, 2.75) is 118 Å². The fourth-order valence-corrected chi connectivity index (χ4v) is 11.5. The second-order valence-corrected chi connectivity index (χ2v) is 17.4. The van der Waals surface area contributed by atoms with Gasteiger partial charge in [-0.2, -0.15) is 0 Å². The van der Waals surface area contributed by atoms with Crippen LogP contribution in [0.5, 0.6) is 0 Å². The summed E-state index contributed by atoms with van der Waals surface area (Å²) < 4.78 is 24.7. The zero-order valence-corrected chi connectivity index (χ0v) is 31.3. The number of carbonyl (C=O) groups is 6. The van der Waals surface area contributed by atoms with Crippen LogP contribution in [0.2, 0.25) is 0 Å². The molecule has 0 spiro atoms. The summed E-state index contributed by atoms with van der Waals surface area (Å²) in [5.41, 5.74) is -2.83. The van der Waals surface area contributed by atoms with E-state index in [1.807, 2.05) is 6.07 Å². The predicted octanol–water partition coefficient (Wildman–Crippen LogP) is 6.03. The third kappa shape index (κ3) is 5.71. The van der Waals surface area contributed by atoms with E-state index in [0.29, 0.717) is 24.8 Å². The molecule has 2 unspecified atom stereocenters. The monoisotopic (exact) mass is 704 g/mol. The summed E-state index contributed by atoms with van der Waals surface area (Å²) in [5, 5.41) is 0. The van der Waals surface area contributed by atoms with Gasteiger partial charge in [0.15, 0.2) is 5.78 Å². The molecule has 3 saturated carbocycles. The first kappa shape index (κ1) is 37.1. The lowest BCUT2D eigenvalue weighted by Crippen LogP contribution is -2.70. The Balaban J connectivity index is 1.42. The van der Waals surface area contributed by atoms with Crippen molar-refractivity contribution < 1.29 is 47.7 Å². The fourth-order valence-electron chi connectivity index (χ4n) is 11.5. The van der Waals surface area contributed by atoms with Crippen LogP contribution in [0.15, 0.2) is 42.0 Å². The first-order chi connectivity index (χ1) is 23.7. The highest BCUT2D eigenvalue weighted by atomic mass is 16.6. The molecule has 10 atom stereocenters. The van der Waals surface area contributed by atoms with E-state index in [9.17, 15) is 28.8 Å². The van der Waals surface area contributed by atoms with E-state index in [4.69, 9.17) is 18.9 Å². The van der Waals surface area contributed by atoms with Crippen LogP contribution in [0.3, 0.4) is 0 Å². The third-order valence-electron chi connectivity index (χ3n) is 13.9. The zero-order valence-electron chi connectivity index (χ0n) is 31.3. The first-order valence-corrected chi connectivity index (χ1v) is 18.3. The Kier molecular flexibility index (Phi) is 9.09. The molecule has 51 heavy (non-hydrogen) atoms. The summed E-state index contributed by atoms with van der Waals surface area (Å²) in [6, 6.07) is 8.78. The van der Waals surface area contributed by atoms with Crippen LogP contribution in [0.4, 0.5) is 0 Å². The minimum Gasteiger partial charge on any atom is -0.462 e. The number of ether oxygens (including phenoxy) is 4. The number of ketones is 3. The molecular formula is C41H52O10. The average Bonchev–Trinajstić information content (AvgIpc) is 3.27. The van der Waals surface area contributed by atoms with Gasteiger partial charge in [0.1, 0.15) is 23.9 Å². The number of benzene rings is 1. The molecule has 1 aromatic carbocycles. The van der Waals surface area contributed by atoms with Gasteiger partial charge in [0.25, 0.3) is 0 Å². The summed E-state index contributed by atoms with van der Waals surface area (Å²) in [7, 11) is 0. The van der Waals surface area contributed by atoms with E-state index in [0.717, 1.165) is 5.57 Å². The number of Topliss-reactive ketones (excluding diaryl/α,β-unsaturated/α-hetero) is 2. The molecule has 1 aromatic rings. The molecule has 5 aliphatic rings. The lowest BCUT2D eigenvalue weighted by molar-refractivity contribution is -0.259. The molecule has 0 bridgehead atoms. The molecule has 0 radical (unpaired) electrons. The van der Waals surface area contributed by atoms with E-state index < -0.39 is 86.9 Å². The van der Waals surface area contributed by atoms with Crippen LogP contribution < -0.4 is 0 Å². The number of hydrogen-bond donors (Lipinski definition) is 0. The van der Waals surface area contributed by atoms with Gasteiger partial charge in [-0.1, -0.05) is 58.4 Å².